The van der Waals surface area contributed by atoms with E-state index in [1.165, 1.54) is 13.0 Å². The minimum absolute atomic E-state index is 0.0619. The molecule has 192 valence electrons. The summed E-state index contributed by atoms with van der Waals surface area (Å²) < 4.78 is 5.66. The van der Waals surface area contributed by atoms with Crippen LogP contribution < -0.4 is 5.73 Å². The summed E-state index contributed by atoms with van der Waals surface area (Å²) in [6.45, 7) is 7.05. The predicted octanol–water partition coefficient (Wildman–Crippen LogP) is 0.943. The van der Waals surface area contributed by atoms with Gasteiger partial charge in [0.05, 0.1) is 11.5 Å². The van der Waals surface area contributed by atoms with Crippen LogP contribution >= 0.6 is 0 Å². The first-order valence-electron chi connectivity index (χ1n) is 12.0. The largest absolute Gasteiger partial charge is 0.507 e. The molecule has 1 amide bonds. The summed E-state index contributed by atoms with van der Waals surface area (Å²) in [6.07, 6.45) is -2.05. The molecule has 0 aliphatic heterocycles. The van der Waals surface area contributed by atoms with Gasteiger partial charge in [0, 0.05) is 24.7 Å². The van der Waals surface area contributed by atoms with Crippen LogP contribution in [0.5, 0.6) is 5.75 Å². The molecule has 4 rings (SSSR count). The second-order valence-electron chi connectivity index (χ2n) is 10.2. The van der Waals surface area contributed by atoms with E-state index in [9.17, 15) is 39.0 Å². The Hall–Kier alpha value is -3.40. The average molecular weight is 500 g/mol. The number of amides is 1. The summed E-state index contributed by atoms with van der Waals surface area (Å²) in [7, 11) is 0. The zero-order valence-corrected chi connectivity index (χ0v) is 20.4. The molecule has 0 bridgehead atoms. The van der Waals surface area contributed by atoms with Gasteiger partial charge in [-0.3, -0.25) is 28.8 Å². The number of aliphatic hydroxyl groups is 1. The number of hydrogen-bond donors (Lipinski definition) is 3. The standard InChI is InChI=1S/C26H29NO9/c1-5-15(30)36-22-12-8-14(29)19(25(27)34)23(32)26(12,35)24(33)20-17(22)10(4)16-11(9(2)3)6-7-13(28)18(16)21(20)31/h6-7,9-10,12,17,19-20,22,28,35H,5,8H2,1-4H3,(H2,27,34)/t10-,12+,17+,19?,20?,22+,26+/m0/s1. The number of rotatable bonds is 4. The number of primary amides is 1. The fourth-order valence-corrected chi connectivity index (χ4v) is 6.33. The zero-order chi connectivity index (χ0) is 26.9. The van der Waals surface area contributed by atoms with Crippen LogP contribution in [0, 0.1) is 23.7 Å². The van der Waals surface area contributed by atoms with Crippen LogP contribution in [0.15, 0.2) is 12.1 Å². The van der Waals surface area contributed by atoms with Crippen molar-refractivity contribution in [3.63, 3.8) is 0 Å². The van der Waals surface area contributed by atoms with Gasteiger partial charge < -0.3 is 20.7 Å². The van der Waals surface area contributed by atoms with E-state index in [1.54, 1.807) is 13.0 Å². The van der Waals surface area contributed by atoms with Gasteiger partial charge in [-0.2, -0.15) is 0 Å². The summed E-state index contributed by atoms with van der Waals surface area (Å²) in [5.41, 5.74) is 3.45. The molecule has 1 aromatic carbocycles. The molecule has 0 saturated heterocycles. The lowest BCUT2D eigenvalue weighted by Gasteiger charge is -2.54. The third-order valence-corrected chi connectivity index (χ3v) is 8.02. The summed E-state index contributed by atoms with van der Waals surface area (Å²) in [5.74, 6) is -13.6. The molecule has 0 radical (unpaired) electrons. The van der Waals surface area contributed by atoms with E-state index in [0.717, 1.165) is 5.56 Å². The van der Waals surface area contributed by atoms with Gasteiger partial charge in [0.25, 0.3) is 0 Å². The number of Topliss-reactive ketones (excluding diaryl/α,β-unsaturated/α-hetero) is 4. The van der Waals surface area contributed by atoms with Crippen molar-refractivity contribution in [2.45, 2.75) is 64.1 Å². The first-order valence-corrected chi connectivity index (χ1v) is 12.0. The van der Waals surface area contributed by atoms with Crippen molar-refractivity contribution in [3.8, 4) is 5.75 Å². The van der Waals surface area contributed by atoms with Crippen LogP contribution in [0.2, 0.25) is 0 Å². The van der Waals surface area contributed by atoms with Crippen molar-refractivity contribution in [3.05, 3.63) is 28.8 Å². The van der Waals surface area contributed by atoms with Crippen molar-refractivity contribution in [1.29, 1.82) is 0 Å². The number of phenols is 1. The molecule has 3 aliphatic carbocycles. The number of ketones is 4. The summed E-state index contributed by atoms with van der Waals surface area (Å²) in [4.78, 5) is 78.0. The molecular weight excluding hydrogens is 470 g/mol. The first kappa shape index (κ1) is 25.7. The third kappa shape index (κ3) is 3.34. The number of nitrogens with two attached hydrogens (primary N) is 1. The van der Waals surface area contributed by atoms with Gasteiger partial charge in [0.1, 0.15) is 11.9 Å². The lowest BCUT2D eigenvalue weighted by atomic mass is 9.50. The molecule has 0 heterocycles. The van der Waals surface area contributed by atoms with Crippen LogP contribution in [-0.4, -0.2) is 56.9 Å². The van der Waals surface area contributed by atoms with Crippen molar-refractivity contribution in [1.82, 2.24) is 0 Å². The van der Waals surface area contributed by atoms with Crippen LogP contribution in [-0.2, 0) is 28.7 Å². The topological polar surface area (TPSA) is 178 Å². The summed E-state index contributed by atoms with van der Waals surface area (Å²) in [5, 5.41) is 22.2. The van der Waals surface area contributed by atoms with Gasteiger partial charge in [-0.05, 0) is 29.0 Å². The Balaban J connectivity index is 1.99. The minimum Gasteiger partial charge on any atom is -0.507 e. The number of phenolic OH excluding ortho intramolecular Hbond substituents is 1. The highest BCUT2D eigenvalue weighted by Gasteiger charge is 2.71. The quantitative estimate of drug-likeness (QED) is 0.402. The van der Waals surface area contributed by atoms with Crippen LogP contribution in [0.25, 0.3) is 0 Å². The molecule has 10 nitrogen and oxygen atoms in total. The Bertz CT molecular complexity index is 1220. The van der Waals surface area contributed by atoms with Gasteiger partial charge in [-0.25, -0.2) is 0 Å². The highest BCUT2D eigenvalue weighted by Crippen LogP contribution is 2.55. The smallest absolute Gasteiger partial charge is 0.305 e. The van der Waals surface area contributed by atoms with Gasteiger partial charge in [0.15, 0.2) is 34.7 Å². The SMILES string of the molecule is CCC(=O)O[C@H]1[C@H]2C(C(=O)c3c(O)ccc(C(C)C)c3[C@@H]2C)C(=O)[C@]2(O)C(=O)C(C(N)=O)C(=O)C[C@H]12. The Morgan fingerprint density at radius 3 is 2.36 bits per heavy atom. The third-order valence-electron chi connectivity index (χ3n) is 8.02. The monoisotopic (exact) mass is 499 g/mol. The first-order chi connectivity index (χ1) is 16.8. The molecule has 7 atom stereocenters. The number of hydrogen-bond acceptors (Lipinski definition) is 9. The maximum atomic E-state index is 13.8. The van der Waals surface area contributed by atoms with Crippen LogP contribution in [0.4, 0.5) is 0 Å². The van der Waals surface area contributed by atoms with E-state index in [2.05, 4.69) is 0 Å². The number of ether oxygens (including phenoxy) is 1. The second kappa shape index (κ2) is 8.62. The van der Waals surface area contributed by atoms with Crippen molar-refractivity contribution < 1.29 is 43.7 Å². The van der Waals surface area contributed by atoms with E-state index in [0.29, 0.717) is 5.56 Å². The Kier molecular flexibility index (Phi) is 6.15. The fraction of sp³-hybridized carbons (Fsp3) is 0.538. The molecule has 2 saturated carbocycles. The fourth-order valence-electron chi connectivity index (χ4n) is 6.33. The Morgan fingerprint density at radius 2 is 1.81 bits per heavy atom. The highest BCUT2D eigenvalue weighted by atomic mass is 16.5. The minimum atomic E-state index is -2.94. The number of carbonyl (C=O) groups is 6. The molecule has 4 N–H and O–H groups in total. The zero-order valence-electron chi connectivity index (χ0n) is 20.4. The van der Waals surface area contributed by atoms with Gasteiger partial charge in [0.2, 0.25) is 5.91 Å². The van der Waals surface area contributed by atoms with Gasteiger partial charge >= 0.3 is 5.97 Å². The average Bonchev–Trinajstić information content (AvgIpc) is 2.80. The maximum absolute atomic E-state index is 13.8. The Morgan fingerprint density at radius 1 is 1.17 bits per heavy atom. The Labute approximate surface area is 207 Å². The molecule has 1 aromatic rings. The lowest BCUT2D eigenvalue weighted by Crippen LogP contribution is -2.73. The molecule has 0 aromatic heterocycles. The molecule has 0 spiro atoms. The van der Waals surface area contributed by atoms with E-state index in [1.807, 2.05) is 13.8 Å². The highest BCUT2D eigenvalue weighted by molar-refractivity contribution is 6.31. The molecule has 2 fully saturated rings. The maximum Gasteiger partial charge on any atom is 0.305 e. The van der Waals surface area contributed by atoms with Gasteiger partial charge in [-0.15, -0.1) is 0 Å². The van der Waals surface area contributed by atoms with Crippen molar-refractivity contribution in [2.75, 3.05) is 0 Å². The lowest BCUT2D eigenvalue weighted by molar-refractivity contribution is -0.198. The number of benzene rings is 1. The summed E-state index contributed by atoms with van der Waals surface area (Å²) in [6, 6.07) is 3.04. The number of carbonyl (C=O) groups excluding carboxylic acids is 6. The van der Waals surface area contributed by atoms with Crippen LogP contribution in [0.3, 0.4) is 0 Å². The van der Waals surface area contributed by atoms with Crippen molar-refractivity contribution in [2.24, 2.45) is 29.4 Å². The molecule has 10 heteroatoms. The molecule has 36 heavy (non-hydrogen) atoms. The van der Waals surface area contributed by atoms with E-state index < -0.39 is 82.7 Å². The normalized spacial score (nSPS) is 33.6. The second-order valence-corrected chi connectivity index (χ2v) is 10.2. The van der Waals surface area contributed by atoms with E-state index >= 15 is 0 Å². The molecule has 3 aliphatic rings. The van der Waals surface area contributed by atoms with Gasteiger partial charge in [-0.1, -0.05) is 33.8 Å². The van der Waals surface area contributed by atoms with Crippen molar-refractivity contribution >= 4 is 35.0 Å². The molecular formula is C26H29NO9. The number of esters is 1. The predicted molar refractivity (Wildman–Crippen MR) is 123 cm³/mol. The number of fused-ring (bicyclic) bond motifs is 3. The van der Waals surface area contributed by atoms with E-state index in [4.69, 9.17) is 10.5 Å². The van der Waals surface area contributed by atoms with E-state index in [-0.39, 0.29) is 23.7 Å². The molecule has 2 unspecified atom stereocenters. The van der Waals surface area contributed by atoms with Crippen LogP contribution in [0.1, 0.15) is 73.9 Å². The number of aromatic hydroxyl groups is 1. The summed E-state index contributed by atoms with van der Waals surface area (Å²) >= 11 is 0.